The molecule has 0 aliphatic heterocycles. The van der Waals surface area contributed by atoms with E-state index in [2.05, 4.69) is 12.2 Å². The summed E-state index contributed by atoms with van der Waals surface area (Å²) >= 11 is 0. The molecule has 0 amide bonds. The van der Waals surface area contributed by atoms with Crippen LogP contribution in [0.25, 0.3) is 6.08 Å². The molecule has 4 N–H and O–H groups in total. The number of benzene rings is 1. The van der Waals surface area contributed by atoms with Gasteiger partial charge >= 0.3 is 0 Å². The summed E-state index contributed by atoms with van der Waals surface area (Å²) in [6.45, 7) is 0. The lowest BCUT2D eigenvalue weighted by molar-refractivity contribution is 0.990. The Hall–Kier alpha value is -1.44. The Morgan fingerprint density at radius 2 is 1.83 bits per heavy atom. The fourth-order valence-electron chi connectivity index (χ4n) is 1.60. The number of nitrogens with two attached hydrogens (primary N) is 2. The van der Waals surface area contributed by atoms with Crippen LogP contribution in [0, 0.1) is 0 Å². The van der Waals surface area contributed by atoms with Gasteiger partial charge in [-0.2, -0.15) is 0 Å². The van der Waals surface area contributed by atoms with E-state index in [0.29, 0.717) is 0 Å². The number of anilines is 2. The van der Waals surface area contributed by atoms with E-state index in [1.807, 2.05) is 12.1 Å². The topological polar surface area (TPSA) is 52.0 Å². The Labute approximate surface area is 71.9 Å². The number of nitrogen functional groups attached to an aromatic ring is 2. The Kier molecular flexibility index (Phi) is 1.54. The quantitative estimate of drug-likeness (QED) is 0.569. The molecule has 1 aromatic rings. The smallest absolute Gasteiger partial charge is 0.0391 e. The van der Waals surface area contributed by atoms with Crippen molar-refractivity contribution in [1.82, 2.24) is 0 Å². The van der Waals surface area contributed by atoms with Gasteiger partial charge in [-0.25, -0.2) is 0 Å². The molecule has 2 heteroatoms. The van der Waals surface area contributed by atoms with E-state index < -0.39 is 0 Å². The molecule has 0 fully saturated rings. The molecule has 0 aromatic heterocycles. The monoisotopic (exact) mass is 160 g/mol. The van der Waals surface area contributed by atoms with E-state index in [4.69, 9.17) is 11.5 Å². The second kappa shape index (κ2) is 2.55. The summed E-state index contributed by atoms with van der Waals surface area (Å²) in [4.78, 5) is 0. The van der Waals surface area contributed by atoms with E-state index in [9.17, 15) is 0 Å². The van der Waals surface area contributed by atoms with Crippen LogP contribution in [-0.2, 0) is 6.42 Å². The van der Waals surface area contributed by atoms with Crippen molar-refractivity contribution < 1.29 is 0 Å². The van der Waals surface area contributed by atoms with E-state index >= 15 is 0 Å². The molecule has 2 rings (SSSR count). The highest BCUT2D eigenvalue weighted by Crippen LogP contribution is 2.28. The molecule has 62 valence electrons. The minimum absolute atomic E-state index is 0.829. The van der Waals surface area contributed by atoms with Crippen LogP contribution in [0.4, 0.5) is 11.4 Å². The molecule has 0 saturated carbocycles. The van der Waals surface area contributed by atoms with Crippen LogP contribution < -0.4 is 11.5 Å². The third kappa shape index (κ3) is 0.961. The fraction of sp³-hybridized carbons (Fsp3) is 0.200. The van der Waals surface area contributed by atoms with E-state index in [1.165, 1.54) is 5.56 Å². The van der Waals surface area contributed by atoms with Crippen molar-refractivity contribution in [2.24, 2.45) is 0 Å². The average molecular weight is 160 g/mol. The van der Waals surface area contributed by atoms with Crippen molar-refractivity contribution in [3.63, 3.8) is 0 Å². The highest BCUT2D eigenvalue weighted by molar-refractivity contribution is 5.74. The molecular weight excluding hydrogens is 148 g/mol. The fourth-order valence-corrected chi connectivity index (χ4v) is 1.60. The van der Waals surface area contributed by atoms with Crippen LogP contribution in [0.15, 0.2) is 18.2 Å². The molecule has 0 unspecified atom stereocenters. The van der Waals surface area contributed by atoms with Crippen molar-refractivity contribution >= 4 is 17.5 Å². The van der Waals surface area contributed by atoms with Crippen molar-refractivity contribution in [1.29, 1.82) is 0 Å². The van der Waals surface area contributed by atoms with Gasteiger partial charge in [0.1, 0.15) is 0 Å². The molecule has 0 saturated heterocycles. The van der Waals surface area contributed by atoms with Crippen LogP contribution >= 0.6 is 0 Å². The Morgan fingerprint density at radius 3 is 2.58 bits per heavy atom. The largest absolute Gasteiger partial charge is 0.398 e. The number of rotatable bonds is 0. The van der Waals surface area contributed by atoms with Crippen molar-refractivity contribution in [2.45, 2.75) is 12.8 Å². The molecule has 0 spiro atoms. The van der Waals surface area contributed by atoms with Gasteiger partial charge < -0.3 is 11.5 Å². The van der Waals surface area contributed by atoms with Crippen molar-refractivity contribution in [2.75, 3.05) is 11.5 Å². The molecule has 0 atom stereocenters. The molecular formula is C10H12N2. The lowest BCUT2D eigenvalue weighted by atomic mass is 9.94. The van der Waals surface area contributed by atoms with Crippen LogP contribution in [0.1, 0.15) is 17.5 Å². The highest BCUT2D eigenvalue weighted by Gasteiger charge is 2.09. The summed E-state index contributed by atoms with van der Waals surface area (Å²) in [5.41, 5.74) is 15.6. The minimum atomic E-state index is 0.829. The molecule has 0 bridgehead atoms. The molecule has 12 heavy (non-hydrogen) atoms. The van der Waals surface area contributed by atoms with E-state index in [1.54, 1.807) is 0 Å². The standard InChI is InChI=1S/C10H12N2/c11-9-5-6-10(12)8-4-2-1-3-7(8)9/h1,3,5-6H,2,4,11-12H2. The predicted molar refractivity (Wildman–Crippen MR) is 52.6 cm³/mol. The van der Waals surface area contributed by atoms with Crippen molar-refractivity contribution in [3.05, 3.63) is 29.3 Å². The summed E-state index contributed by atoms with van der Waals surface area (Å²) in [5.74, 6) is 0. The summed E-state index contributed by atoms with van der Waals surface area (Å²) in [6.07, 6.45) is 6.28. The lowest BCUT2D eigenvalue weighted by Crippen LogP contribution is -2.03. The Bertz CT molecular complexity index is 340. The van der Waals surface area contributed by atoms with Crippen LogP contribution in [-0.4, -0.2) is 0 Å². The number of hydrogen-bond acceptors (Lipinski definition) is 2. The third-order valence-corrected chi connectivity index (χ3v) is 2.27. The summed E-state index contributed by atoms with van der Waals surface area (Å²) < 4.78 is 0. The SMILES string of the molecule is Nc1ccc(N)c2c1C=CCC2. The maximum atomic E-state index is 5.82. The minimum Gasteiger partial charge on any atom is -0.398 e. The van der Waals surface area contributed by atoms with Crippen LogP contribution in [0.2, 0.25) is 0 Å². The first-order valence-electron chi connectivity index (χ1n) is 4.12. The normalized spacial score (nSPS) is 14.3. The first-order valence-corrected chi connectivity index (χ1v) is 4.12. The van der Waals surface area contributed by atoms with Crippen molar-refractivity contribution in [3.8, 4) is 0 Å². The van der Waals surface area contributed by atoms with Crippen LogP contribution in [0.3, 0.4) is 0 Å². The number of fused-ring (bicyclic) bond motifs is 1. The zero-order chi connectivity index (χ0) is 8.55. The van der Waals surface area contributed by atoms with Gasteiger partial charge in [-0.1, -0.05) is 12.2 Å². The second-order valence-electron chi connectivity index (χ2n) is 3.08. The molecule has 1 aliphatic rings. The summed E-state index contributed by atoms with van der Waals surface area (Å²) in [7, 11) is 0. The van der Waals surface area contributed by atoms with E-state index in [-0.39, 0.29) is 0 Å². The zero-order valence-electron chi connectivity index (χ0n) is 6.88. The first-order chi connectivity index (χ1) is 5.79. The summed E-state index contributed by atoms with van der Waals surface area (Å²) in [5, 5.41) is 0. The predicted octanol–water partition coefficient (Wildman–Crippen LogP) is 1.81. The maximum Gasteiger partial charge on any atom is 0.0391 e. The number of allylic oxidation sites excluding steroid dienone is 1. The summed E-state index contributed by atoms with van der Waals surface area (Å²) in [6, 6.07) is 3.75. The van der Waals surface area contributed by atoms with Gasteiger partial charge in [0.2, 0.25) is 0 Å². The Balaban J connectivity index is 2.67. The third-order valence-electron chi connectivity index (χ3n) is 2.27. The highest BCUT2D eigenvalue weighted by atomic mass is 14.6. The molecule has 0 heterocycles. The zero-order valence-corrected chi connectivity index (χ0v) is 6.88. The van der Waals surface area contributed by atoms with Gasteiger partial charge in [-0.05, 0) is 30.5 Å². The lowest BCUT2D eigenvalue weighted by Gasteiger charge is -2.14. The average Bonchev–Trinajstić information content (AvgIpc) is 2.12. The van der Waals surface area contributed by atoms with E-state index in [0.717, 1.165) is 29.8 Å². The maximum absolute atomic E-state index is 5.82. The number of hydrogen-bond donors (Lipinski definition) is 2. The van der Waals surface area contributed by atoms with Gasteiger partial charge in [0.25, 0.3) is 0 Å². The van der Waals surface area contributed by atoms with Crippen LogP contribution in [0.5, 0.6) is 0 Å². The Morgan fingerprint density at radius 1 is 1.08 bits per heavy atom. The molecule has 0 radical (unpaired) electrons. The van der Waals surface area contributed by atoms with Gasteiger partial charge in [-0.3, -0.25) is 0 Å². The van der Waals surface area contributed by atoms with Gasteiger partial charge in [0.15, 0.2) is 0 Å². The second-order valence-corrected chi connectivity index (χ2v) is 3.08. The first kappa shape index (κ1) is 7.22. The molecule has 1 aliphatic carbocycles. The van der Waals surface area contributed by atoms with Gasteiger partial charge in [0.05, 0.1) is 0 Å². The molecule has 1 aromatic carbocycles. The van der Waals surface area contributed by atoms with Gasteiger partial charge in [0, 0.05) is 16.9 Å². The molecule has 2 nitrogen and oxygen atoms in total. The van der Waals surface area contributed by atoms with Gasteiger partial charge in [-0.15, -0.1) is 0 Å².